The Balaban J connectivity index is 2.13. The lowest BCUT2D eigenvalue weighted by Gasteiger charge is -2.19. The van der Waals surface area contributed by atoms with Crippen LogP contribution in [0.15, 0.2) is 47.8 Å². The monoisotopic (exact) mass is 282 g/mol. The molecule has 2 nitrogen and oxygen atoms in total. The van der Waals surface area contributed by atoms with E-state index in [2.05, 4.69) is 54.0 Å². The van der Waals surface area contributed by atoms with Crippen LogP contribution < -0.4 is 5.32 Å². The molecular formula is C17H18N2S. The summed E-state index contributed by atoms with van der Waals surface area (Å²) in [7, 11) is 0. The summed E-state index contributed by atoms with van der Waals surface area (Å²) in [6, 6.07) is 15.1. The van der Waals surface area contributed by atoms with Crippen LogP contribution in [0.25, 0.3) is 10.1 Å². The van der Waals surface area contributed by atoms with Gasteiger partial charge in [-0.15, -0.1) is 11.3 Å². The van der Waals surface area contributed by atoms with Gasteiger partial charge in [0.1, 0.15) is 0 Å². The van der Waals surface area contributed by atoms with Crippen molar-refractivity contribution < 1.29 is 0 Å². The molecule has 1 unspecified atom stereocenters. The highest BCUT2D eigenvalue weighted by molar-refractivity contribution is 7.17. The van der Waals surface area contributed by atoms with Crippen molar-refractivity contribution in [3.8, 4) is 0 Å². The van der Waals surface area contributed by atoms with Gasteiger partial charge in [0.15, 0.2) is 0 Å². The van der Waals surface area contributed by atoms with Crippen molar-refractivity contribution in [2.24, 2.45) is 0 Å². The van der Waals surface area contributed by atoms with Crippen molar-refractivity contribution in [3.05, 3.63) is 64.8 Å². The number of aryl methyl sites for hydroxylation is 1. The van der Waals surface area contributed by atoms with Crippen LogP contribution in [0.3, 0.4) is 0 Å². The number of hydrogen-bond donors (Lipinski definition) is 1. The number of fused-ring (bicyclic) bond motifs is 1. The summed E-state index contributed by atoms with van der Waals surface area (Å²) in [6.07, 6.45) is 0. The first-order chi connectivity index (χ1) is 9.79. The Morgan fingerprint density at radius 2 is 2.00 bits per heavy atom. The average Bonchev–Trinajstić information content (AvgIpc) is 2.93. The molecule has 1 aromatic carbocycles. The summed E-state index contributed by atoms with van der Waals surface area (Å²) in [5.41, 5.74) is 3.47. The molecule has 0 amide bonds. The fourth-order valence-electron chi connectivity index (χ4n) is 2.55. The number of nitrogens with zero attached hydrogens (tertiary/aromatic N) is 1. The van der Waals surface area contributed by atoms with Gasteiger partial charge >= 0.3 is 0 Å². The molecule has 0 fully saturated rings. The highest BCUT2D eigenvalue weighted by Crippen LogP contribution is 2.31. The van der Waals surface area contributed by atoms with E-state index in [9.17, 15) is 0 Å². The number of aromatic nitrogens is 1. The standard InChI is InChI=1S/C17H18N2S/c1-3-18-16(15-9-4-6-12(2)19-15)14-8-5-7-13-10-11-20-17(13)14/h4-11,16,18H,3H2,1-2H3. The SMILES string of the molecule is CCNC(c1cccc(C)n1)c1cccc2ccsc12. The first kappa shape index (κ1) is 13.3. The number of nitrogens with one attached hydrogen (secondary N) is 1. The van der Waals surface area contributed by atoms with E-state index >= 15 is 0 Å². The van der Waals surface area contributed by atoms with E-state index in [1.54, 1.807) is 11.3 Å². The van der Waals surface area contributed by atoms with Crippen LogP contribution in [-0.2, 0) is 0 Å². The fraction of sp³-hybridized carbons (Fsp3) is 0.235. The molecule has 1 atom stereocenters. The minimum Gasteiger partial charge on any atom is -0.305 e. The molecule has 102 valence electrons. The zero-order valence-electron chi connectivity index (χ0n) is 11.8. The van der Waals surface area contributed by atoms with Gasteiger partial charge in [-0.3, -0.25) is 4.98 Å². The topological polar surface area (TPSA) is 24.9 Å². The Morgan fingerprint density at radius 3 is 2.80 bits per heavy atom. The second-order valence-corrected chi connectivity index (χ2v) is 5.80. The van der Waals surface area contributed by atoms with Gasteiger partial charge in [0.2, 0.25) is 0 Å². The van der Waals surface area contributed by atoms with Gasteiger partial charge in [-0.25, -0.2) is 0 Å². The lowest BCUT2D eigenvalue weighted by Crippen LogP contribution is -2.23. The van der Waals surface area contributed by atoms with Crippen molar-refractivity contribution in [1.29, 1.82) is 0 Å². The molecule has 2 aromatic heterocycles. The van der Waals surface area contributed by atoms with Gasteiger partial charge in [-0.1, -0.05) is 31.2 Å². The molecule has 0 aliphatic heterocycles. The second-order valence-electron chi connectivity index (χ2n) is 4.88. The molecule has 0 aliphatic carbocycles. The molecule has 0 spiro atoms. The van der Waals surface area contributed by atoms with Gasteiger partial charge in [-0.2, -0.15) is 0 Å². The van der Waals surface area contributed by atoms with E-state index in [0.717, 1.165) is 17.9 Å². The lowest BCUT2D eigenvalue weighted by molar-refractivity contribution is 0.618. The van der Waals surface area contributed by atoms with E-state index < -0.39 is 0 Å². The van der Waals surface area contributed by atoms with Crippen molar-refractivity contribution in [2.45, 2.75) is 19.9 Å². The smallest absolute Gasteiger partial charge is 0.0765 e. The van der Waals surface area contributed by atoms with Crippen LogP contribution in [0.4, 0.5) is 0 Å². The minimum absolute atomic E-state index is 0.155. The Hall–Kier alpha value is -1.71. The molecule has 0 saturated carbocycles. The van der Waals surface area contributed by atoms with Crippen LogP contribution in [0.2, 0.25) is 0 Å². The molecule has 1 N–H and O–H groups in total. The summed E-state index contributed by atoms with van der Waals surface area (Å²) >= 11 is 1.80. The van der Waals surface area contributed by atoms with Gasteiger partial charge < -0.3 is 5.32 Å². The normalized spacial score (nSPS) is 12.7. The van der Waals surface area contributed by atoms with Crippen LogP contribution in [0, 0.1) is 6.92 Å². The number of rotatable bonds is 4. The molecule has 0 saturated heterocycles. The van der Waals surface area contributed by atoms with Gasteiger partial charge in [0.05, 0.1) is 11.7 Å². The van der Waals surface area contributed by atoms with E-state index in [4.69, 9.17) is 4.98 Å². The third-order valence-electron chi connectivity index (χ3n) is 3.43. The molecule has 20 heavy (non-hydrogen) atoms. The fourth-order valence-corrected chi connectivity index (χ4v) is 3.49. The predicted molar refractivity (Wildman–Crippen MR) is 86.3 cm³/mol. The van der Waals surface area contributed by atoms with Crippen molar-refractivity contribution in [3.63, 3.8) is 0 Å². The molecular weight excluding hydrogens is 264 g/mol. The maximum Gasteiger partial charge on any atom is 0.0765 e. The zero-order valence-corrected chi connectivity index (χ0v) is 12.6. The largest absolute Gasteiger partial charge is 0.305 e. The molecule has 2 heterocycles. The zero-order chi connectivity index (χ0) is 13.9. The number of thiophene rings is 1. The minimum atomic E-state index is 0.155. The van der Waals surface area contributed by atoms with Crippen molar-refractivity contribution in [2.75, 3.05) is 6.54 Å². The average molecular weight is 282 g/mol. The van der Waals surface area contributed by atoms with Crippen LogP contribution >= 0.6 is 11.3 Å². The van der Waals surface area contributed by atoms with Gasteiger partial charge in [-0.05, 0) is 48.0 Å². The lowest BCUT2D eigenvalue weighted by atomic mass is 10.0. The quantitative estimate of drug-likeness (QED) is 0.771. The molecule has 0 aliphatic rings. The van der Waals surface area contributed by atoms with Crippen LogP contribution in [-0.4, -0.2) is 11.5 Å². The third kappa shape index (κ3) is 2.47. The maximum absolute atomic E-state index is 4.70. The first-order valence-electron chi connectivity index (χ1n) is 6.92. The highest BCUT2D eigenvalue weighted by Gasteiger charge is 2.17. The van der Waals surface area contributed by atoms with E-state index in [1.165, 1.54) is 15.6 Å². The maximum atomic E-state index is 4.70. The van der Waals surface area contributed by atoms with Crippen LogP contribution in [0.5, 0.6) is 0 Å². The summed E-state index contributed by atoms with van der Waals surface area (Å²) in [6.45, 7) is 5.09. The Morgan fingerprint density at radius 1 is 1.15 bits per heavy atom. The number of hydrogen-bond acceptors (Lipinski definition) is 3. The molecule has 3 heteroatoms. The first-order valence-corrected chi connectivity index (χ1v) is 7.80. The van der Waals surface area contributed by atoms with Crippen molar-refractivity contribution >= 4 is 21.4 Å². The predicted octanol–water partition coefficient (Wildman–Crippen LogP) is 4.30. The van der Waals surface area contributed by atoms with Gasteiger partial charge in [0.25, 0.3) is 0 Å². The molecule has 0 radical (unpaired) electrons. The Kier molecular flexibility index (Phi) is 3.81. The summed E-state index contributed by atoms with van der Waals surface area (Å²) in [5.74, 6) is 0. The molecule has 3 aromatic rings. The summed E-state index contributed by atoms with van der Waals surface area (Å²) in [5, 5.41) is 7.03. The molecule has 3 rings (SSSR count). The van der Waals surface area contributed by atoms with E-state index in [1.807, 2.05) is 13.0 Å². The van der Waals surface area contributed by atoms with E-state index in [-0.39, 0.29) is 6.04 Å². The highest BCUT2D eigenvalue weighted by atomic mass is 32.1. The molecule has 0 bridgehead atoms. The van der Waals surface area contributed by atoms with Gasteiger partial charge in [0, 0.05) is 10.4 Å². The number of pyridine rings is 1. The summed E-state index contributed by atoms with van der Waals surface area (Å²) < 4.78 is 1.35. The summed E-state index contributed by atoms with van der Waals surface area (Å²) in [4.78, 5) is 4.70. The third-order valence-corrected chi connectivity index (χ3v) is 4.41. The second kappa shape index (κ2) is 5.73. The Bertz CT molecular complexity index is 718. The van der Waals surface area contributed by atoms with Crippen molar-refractivity contribution in [1.82, 2.24) is 10.3 Å². The van der Waals surface area contributed by atoms with E-state index in [0.29, 0.717) is 0 Å². The Labute approximate surface area is 123 Å². The van der Waals surface area contributed by atoms with Crippen LogP contribution in [0.1, 0.15) is 29.9 Å². The number of benzene rings is 1.